The maximum Gasteiger partial charge on any atom is 0.0357 e. The minimum Gasteiger partial charge on any atom is -0.329 e. The van der Waals surface area contributed by atoms with Gasteiger partial charge in [0, 0.05) is 18.6 Å². The molecule has 15 heavy (non-hydrogen) atoms. The second-order valence-corrected chi connectivity index (χ2v) is 5.42. The Kier molecular flexibility index (Phi) is 3.36. The van der Waals surface area contributed by atoms with Crippen LogP contribution in [0.3, 0.4) is 0 Å². The molecule has 0 radical (unpaired) electrons. The van der Waals surface area contributed by atoms with Crippen LogP contribution in [0, 0.1) is 11.8 Å². The highest BCUT2D eigenvalue weighted by molar-refractivity contribution is 5.03. The molecule has 2 rings (SSSR count). The van der Waals surface area contributed by atoms with Crippen molar-refractivity contribution >= 4 is 0 Å². The SMILES string of the molecule is CCN(CC1CC1)C(CC)(CN)C1CC1. The lowest BCUT2D eigenvalue weighted by Gasteiger charge is -2.43. The zero-order valence-electron chi connectivity index (χ0n) is 10.3. The predicted octanol–water partition coefficient (Wildman–Crippen LogP) is 2.24. The van der Waals surface area contributed by atoms with Crippen molar-refractivity contribution < 1.29 is 0 Å². The molecule has 2 nitrogen and oxygen atoms in total. The Labute approximate surface area is 94.2 Å². The molecule has 0 aromatic heterocycles. The lowest BCUT2D eigenvalue weighted by Crippen LogP contribution is -2.55. The van der Waals surface area contributed by atoms with E-state index >= 15 is 0 Å². The third-order valence-electron chi connectivity index (χ3n) is 4.49. The summed E-state index contributed by atoms with van der Waals surface area (Å²) in [5.41, 5.74) is 6.43. The van der Waals surface area contributed by atoms with E-state index in [9.17, 15) is 0 Å². The second kappa shape index (κ2) is 4.42. The molecule has 2 fully saturated rings. The van der Waals surface area contributed by atoms with Gasteiger partial charge in [-0.15, -0.1) is 0 Å². The van der Waals surface area contributed by atoms with Gasteiger partial charge in [0.2, 0.25) is 0 Å². The molecule has 0 aromatic rings. The van der Waals surface area contributed by atoms with Crippen molar-refractivity contribution in [3.05, 3.63) is 0 Å². The Balaban J connectivity index is 2.04. The fourth-order valence-electron chi connectivity index (χ4n) is 3.07. The maximum atomic E-state index is 6.09. The number of hydrogen-bond acceptors (Lipinski definition) is 2. The average molecular weight is 210 g/mol. The second-order valence-electron chi connectivity index (χ2n) is 5.42. The molecule has 0 spiro atoms. The Morgan fingerprint density at radius 3 is 2.20 bits per heavy atom. The van der Waals surface area contributed by atoms with Crippen LogP contribution in [0.1, 0.15) is 46.0 Å². The molecule has 1 unspecified atom stereocenters. The molecule has 2 N–H and O–H groups in total. The first kappa shape index (κ1) is 11.4. The highest BCUT2D eigenvalue weighted by atomic mass is 15.2. The van der Waals surface area contributed by atoms with Gasteiger partial charge in [0.05, 0.1) is 0 Å². The molecule has 0 saturated heterocycles. The number of likely N-dealkylation sites (N-methyl/N-ethyl adjacent to an activating group) is 1. The van der Waals surface area contributed by atoms with Gasteiger partial charge in [-0.3, -0.25) is 4.90 Å². The van der Waals surface area contributed by atoms with Gasteiger partial charge in [0.25, 0.3) is 0 Å². The third-order valence-corrected chi connectivity index (χ3v) is 4.49. The highest BCUT2D eigenvalue weighted by Gasteiger charge is 2.47. The first-order chi connectivity index (χ1) is 7.26. The topological polar surface area (TPSA) is 29.3 Å². The largest absolute Gasteiger partial charge is 0.329 e. The molecular formula is C13H26N2. The Hall–Kier alpha value is -0.0800. The van der Waals surface area contributed by atoms with Crippen molar-refractivity contribution in [1.82, 2.24) is 4.90 Å². The molecule has 1 atom stereocenters. The summed E-state index contributed by atoms with van der Waals surface area (Å²) in [6.45, 7) is 7.95. The van der Waals surface area contributed by atoms with Crippen LogP contribution in [0.25, 0.3) is 0 Å². The molecular weight excluding hydrogens is 184 g/mol. The van der Waals surface area contributed by atoms with Crippen LogP contribution in [0.2, 0.25) is 0 Å². The molecule has 0 bridgehead atoms. The van der Waals surface area contributed by atoms with E-state index in [2.05, 4.69) is 18.7 Å². The molecule has 2 heteroatoms. The fourth-order valence-corrected chi connectivity index (χ4v) is 3.07. The molecule has 2 aliphatic carbocycles. The minimum atomic E-state index is 0.345. The van der Waals surface area contributed by atoms with E-state index in [4.69, 9.17) is 5.73 Å². The summed E-state index contributed by atoms with van der Waals surface area (Å²) in [6.07, 6.45) is 6.95. The zero-order valence-corrected chi connectivity index (χ0v) is 10.3. The van der Waals surface area contributed by atoms with E-state index in [1.165, 1.54) is 45.2 Å². The summed E-state index contributed by atoms with van der Waals surface area (Å²) in [5, 5.41) is 0. The highest BCUT2D eigenvalue weighted by Crippen LogP contribution is 2.45. The van der Waals surface area contributed by atoms with Gasteiger partial charge in [0.1, 0.15) is 0 Å². The van der Waals surface area contributed by atoms with Gasteiger partial charge >= 0.3 is 0 Å². The molecule has 88 valence electrons. The van der Waals surface area contributed by atoms with E-state index in [0.29, 0.717) is 5.54 Å². The van der Waals surface area contributed by atoms with Crippen LogP contribution >= 0.6 is 0 Å². The average Bonchev–Trinajstić information content (AvgIpc) is 3.11. The number of nitrogens with zero attached hydrogens (tertiary/aromatic N) is 1. The van der Waals surface area contributed by atoms with Crippen molar-refractivity contribution in [2.75, 3.05) is 19.6 Å². The first-order valence-electron chi connectivity index (χ1n) is 6.72. The van der Waals surface area contributed by atoms with E-state index in [-0.39, 0.29) is 0 Å². The number of hydrogen-bond donors (Lipinski definition) is 1. The smallest absolute Gasteiger partial charge is 0.0357 e. The molecule has 0 aromatic carbocycles. The maximum absolute atomic E-state index is 6.09. The van der Waals surface area contributed by atoms with Crippen LogP contribution in [0.15, 0.2) is 0 Å². The minimum absolute atomic E-state index is 0.345. The van der Waals surface area contributed by atoms with Gasteiger partial charge in [-0.2, -0.15) is 0 Å². The van der Waals surface area contributed by atoms with Gasteiger partial charge in [-0.1, -0.05) is 13.8 Å². The predicted molar refractivity (Wildman–Crippen MR) is 64.8 cm³/mol. The van der Waals surface area contributed by atoms with Gasteiger partial charge in [-0.25, -0.2) is 0 Å². The molecule has 2 saturated carbocycles. The monoisotopic (exact) mass is 210 g/mol. The van der Waals surface area contributed by atoms with Crippen molar-refractivity contribution in [1.29, 1.82) is 0 Å². The molecule has 0 amide bonds. The fraction of sp³-hybridized carbons (Fsp3) is 1.00. The number of rotatable bonds is 7. The summed E-state index contributed by atoms with van der Waals surface area (Å²) in [4.78, 5) is 2.70. The lowest BCUT2D eigenvalue weighted by molar-refractivity contribution is 0.0687. The normalized spacial score (nSPS) is 25.6. The summed E-state index contributed by atoms with van der Waals surface area (Å²) in [6, 6.07) is 0. The number of nitrogens with two attached hydrogens (primary N) is 1. The van der Waals surface area contributed by atoms with E-state index in [1.54, 1.807) is 0 Å². The van der Waals surface area contributed by atoms with Gasteiger partial charge in [0.15, 0.2) is 0 Å². The van der Waals surface area contributed by atoms with Crippen molar-refractivity contribution in [3.63, 3.8) is 0 Å². The van der Waals surface area contributed by atoms with E-state index in [0.717, 1.165) is 18.4 Å². The van der Waals surface area contributed by atoms with Gasteiger partial charge in [-0.05, 0) is 50.5 Å². The first-order valence-corrected chi connectivity index (χ1v) is 6.72. The van der Waals surface area contributed by atoms with Crippen LogP contribution in [0.4, 0.5) is 0 Å². The van der Waals surface area contributed by atoms with Crippen molar-refractivity contribution in [2.24, 2.45) is 17.6 Å². The molecule has 0 heterocycles. The van der Waals surface area contributed by atoms with Crippen molar-refractivity contribution in [2.45, 2.75) is 51.5 Å². The summed E-state index contributed by atoms with van der Waals surface area (Å²) >= 11 is 0. The van der Waals surface area contributed by atoms with Crippen LogP contribution in [0.5, 0.6) is 0 Å². The standard InChI is InChI=1S/C13H26N2/c1-3-13(10-14,12-7-8-12)15(4-2)9-11-5-6-11/h11-12H,3-10,14H2,1-2H3. The molecule has 0 aliphatic heterocycles. The van der Waals surface area contributed by atoms with E-state index in [1.807, 2.05) is 0 Å². The summed E-state index contributed by atoms with van der Waals surface area (Å²) in [7, 11) is 0. The molecule has 2 aliphatic rings. The van der Waals surface area contributed by atoms with Gasteiger partial charge < -0.3 is 5.73 Å². The van der Waals surface area contributed by atoms with E-state index < -0.39 is 0 Å². The third kappa shape index (κ3) is 2.21. The summed E-state index contributed by atoms with van der Waals surface area (Å²) < 4.78 is 0. The van der Waals surface area contributed by atoms with Crippen molar-refractivity contribution in [3.8, 4) is 0 Å². The quantitative estimate of drug-likeness (QED) is 0.698. The Morgan fingerprint density at radius 1 is 1.20 bits per heavy atom. The van der Waals surface area contributed by atoms with Crippen LogP contribution in [-0.2, 0) is 0 Å². The Bertz CT molecular complexity index is 203. The lowest BCUT2D eigenvalue weighted by atomic mass is 9.87. The van der Waals surface area contributed by atoms with Crippen LogP contribution in [-0.4, -0.2) is 30.1 Å². The Morgan fingerprint density at radius 2 is 1.87 bits per heavy atom. The zero-order chi connectivity index (χ0) is 10.9. The van der Waals surface area contributed by atoms with Crippen LogP contribution < -0.4 is 5.73 Å². The summed E-state index contributed by atoms with van der Waals surface area (Å²) in [5.74, 6) is 1.88.